The second-order valence-corrected chi connectivity index (χ2v) is 6.86. The average molecular weight is 362 g/mol. The Balaban J connectivity index is 1.60. The summed E-state index contributed by atoms with van der Waals surface area (Å²) >= 11 is 6.24. The molecule has 0 aliphatic carbocycles. The minimum Gasteiger partial charge on any atom is -0.360 e. The van der Waals surface area contributed by atoms with Gasteiger partial charge in [-0.2, -0.15) is 0 Å². The Hall–Kier alpha value is -1.85. The Morgan fingerprint density at radius 3 is 2.80 bits per heavy atom. The minimum absolute atomic E-state index is 0.160. The van der Waals surface area contributed by atoms with Crippen molar-refractivity contribution in [3.8, 4) is 11.3 Å². The first-order valence-corrected chi connectivity index (χ1v) is 9.26. The van der Waals surface area contributed by atoms with E-state index in [2.05, 4.69) is 15.4 Å². The number of hydrogen-bond acceptors (Lipinski definition) is 4. The number of aromatic nitrogens is 1. The molecule has 1 N–H and O–H groups in total. The van der Waals surface area contributed by atoms with Crippen LogP contribution in [0.3, 0.4) is 0 Å². The highest BCUT2D eigenvalue weighted by Crippen LogP contribution is 2.30. The third-order valence-electron chi connectivity index (χ3n) is 4.60. The van der Waals surface area contributed by atoms with Gasteiger partial charge < -0.3 is 14.7 Å². The second kappa shape index (κ2) is 8.50. The summed E-state index contributed by atoms with van der Waals surface area (Å²) < 4.78 is 5.25. The summed E-state index contributed by atoms with van der Waals surface area (Å²) in [6, 6.07) is 7.33. The smallest absolute Gasteiger partial charge is 0.257 e. The molecule has 1 fully saturated rings. The van der Waals surface area contributed by atoms with Crippen molar-refractivity contribution in [3.05, 3.63) is 40.6 Å². The van der Waals surface area contributed by atoms with Crippen molar-refractivity contribution < 1.29 is 9.32 Å². The fourth-order valence-electron chi connectivity index (χ4n) is 3.25. The molecule has 1 aromatic carbocycles. The summed E-state index contributed by atoms with van der Waals surface area (Å²) in [5.74, 6) is 0.343. The van der Waals surface area contributed by atoms with Gasteiger partial charge in [-0.05, 0) is 51.9 Å². The van der Waals surface area contributed by atoms with Crippen molar-refractivity contribution in [3.63, 3.8) is 0 Å². The number of piperidine rings is 1. The summed E-state index contributed by atoms with van der Waals surface area (Å²) in [6.07, 6.45) is 4.85. The molecule has 0 saturated carbocycles. The molecule has 1 amide bonds. The van der Waals surface area contributed by atoms with Gasteiger partial charge in [0.05, 0.1) is 5.02 Å². The summed E-state index contributed by atoms with van der Waals surface area (Å²) in [4.78, 5) is 15.1. The zero-order valence-electron chi connectivity index (χ0n) is 14.6. The van der Waals surface area contributed by atoms with E-state index in [0.29, 0.717) is 34.1 Å². The third kappa shape index (κ3) is 4.41. The van der Waals surface area contributed by atoms with Gasteiger partial charge in [0.2, 0.25) is 0 Å². The number of nitrogens with zero attached hydrogens (tertiary/aromatic N) is 2. The number of carbonyl (C=O) groups excluding carboxylic acids is 1. The van der Waals surface area contributed by atoms with E-state index in [9.17, 15) is 4.79 Å². The quantitative estimate of drug-likeness (QED) is 0.792. The lowest BCUT2D eigenvalue weighted by Crippen LogP contribution is -2.33. The molecule has 0 atom stereocenters. The Morgan fingerprint density at radius 1 is 1.28 bits per heavy atom. The standard InChI is InChI=1S/C19H24ClN3O2/c1-14-17(18(22-25-14)15-8-3-4-9-16(15)20)19(24)21-10-7-13-23-11-5-2-6-12-23/h3-4,8-9H,2,5-7,10-13H2,1H3,(H,21,24). The SMILES string of the molecule is Cc1onc(-c2ccccc2Cl)c1C(=O)NCCCN1CCCCC1. The molecule has 1 aliphatic rings. The van der Waals surface area contributed by atoms with Crippen LogP contribution < -0.4 is 5.32 Å². The van der Waals surface area contributed by atoms with Gasteiger partial charge >= 0.3 is 0 Å². The number of likely N-dealkylation sites (tertiary alicyclic amines) is 1. The van der Waals surface area contributed by atoms with E-state index in [0.717, 1.165) is 13.0 Å². The molecule has 25 heavy (non-hydrogen) atoms. The van der Waals surface area contributed by atoms with E-state index in [4.69, 9.17) is 16.1 Å². The molecule has 1 saturated heterocycles. The minimum atomic E-state index is -0.160. The first kappa shape index (κ1) is 18.0. The monoisotopic (exact) mass is 361 g/mol. The number of benzene rings is 1. The molecule has 1 aliphatic heterocycles. The number of amides is 1. The van der Waals surface area contributed by atoms with Crippen LogP contribution in [0.4, 0.5) is 0 Å². The highest BCUT2D eigenvalue weighted by Gasteiger charge is 2.22. The molecule has 0 unspecified atom stereocenters. The first-order chi connectivity index (χ1) is 12.2. The molecule has 3 rings (SSSR count). The van der Waals surface area contributed by atoms with Crippen LogP contribution in [0.1, 0.15) is 41.8 Å². The fraction of sp³-hybridized carbons (Fsp3) is 0.474. The maximum absolute atomic E-state index is 12.6. The van der Waals surface area contributed by atoms with Crippen molar-refractivity contribution in [1.82, 2.24) is 15.4 Å². The Morgan fingerprint density at radius 2 is 2.04 bits per heavy atom. The van der Waals surface area contributed by atoms with Gasteiger partial charge in [-0.1, -0.05) is 41.4 Å². The number of halogens is 1. The number of hydrogen-bond donors (Lipinski definition) is 1. The zero-order chi connectivity index (χ0) is 17.6. The maximum Gasteiger partial charge on any atom is 0.257 e. The average Bonchev–Trinajstić information content (AvgIpc) is 3.01. The highest BCUT2D eigenvalue weighted by atomic mass is 35.5. The van der Waals surface area contributed by atoms with E-state index >= 15 is 0 Å². The van der Waals surface area contributed by atoms with Gasteiger partial charge in [-0.3, -0.25) is 4.79 Å². The third-order valence-corrected chi connectivity index (χ3v) is 4.93. The van der Waals surface area contributed by atoms with Crippen LogP contribution in [0.25, 0.3) is 11.3 Å². The van der Waals surface area contributed by atoms with Crippen LogP contribution in [0.5, 0.6) is 0 Å². The van der Waals surface area contributed by atoms with Crippen molar-refractivity contribution in [2.24, 2.45) is 0 Å². The van der Waals surface area contributed by atoms with Crippen molar-refractivity contribution >= 4 is 17.5 Å². The number of aryl methyl sites for hydroxylation is 1. The summed E-state index contributed by atoms with van der Waals surface area (Å²) in [6.45, 7) is 5.77. The van der Waals surface area contributed by atoms with Crippen LogP contribution >= 0.6 is 11.6 Å². The van der Waals surface area contributed by atoms with Gasteiger partial charge in [-0.15, -0.1) is 0 Å². The molecule has 2 aromatic rings. The molecular formula is C19H24ClN3O2. The van der Waals surface area contributed by atoms with Gasteiger partial charge in [0, 0.05) is 12.1 Å². The van der Waals surface area contributed by atoms with Crippen molar-refractivity contribution in [2.45, 2.75) is 32.6 Å². The molecular weight excluding hydrogens is 338 g/mol. The Bertz CT molecular complexity index is 723. The zero-order valence-corrected chi connectivity index (χ0v) is 15.3. The Kier molecular flexibility index (Phi) is 6.10. The normalized spacial score (nSPS) is 15.3. The van der Waals surface area contributed by atoms with Gasteiger partial charge in [-0.25, -0.2) is 0 Å². The fourth-order valence-corrected chi connectivity index (χ4v) is 3.48. The second-order valence-electron chi connectivity index (χ2n) is 6.45. The number of carbonyl (C=O) groups is 1. The molecule has 1 aromatic heterocycles. The first-order valence-electron chi connectivity index (χ1n) is 8.88. The van der Waals surface area contributed by atoms with Crippen LogP contribution in [0, 0.1) is 6.92 Å². The summed E-state index contributed by atoms with van der Waals surface area (Å²) in [7, 11) is 0. The predicted molar refractivity (Wildman–Crippen MR) is 98.9 cm³/mol. The Labute approximate surface area is 153 Å². The van der Waals surface area contributed by atoms with E-state index in [-0.39, 0.29) is 5.91 Å². The molecule has 5 nitrogen and oxygen atoms in total. The molecule has 2 heterocycles. The molecule has 6 heteroatoms. The van der Waals surface area contributed by atoms with Crippen LogP contribution in [-0.4, -0.2) is 42.1 Å². The van der Waals surface area contributed by atoms with Crippen molar-refractivity contribution in [1.29, 1.82) is 0 Å². The maximum atomic E-state index is 12.6. The van der Waals surface area contributed by atoms with E-state index in [1.807, 2.05) is 18.2 Å². The van der Waals surface area contributed by atoms with E-state index in [1.165, 1.54) is 32.4 Å². The number of nitrogens with one attached hydrogen (secondary N) is 1. The van der Waals surface area contributed by atoms with Crippen LogP contribution in [-0.2, 0) is 0 Å². The van der Waals surface area contributed by atoms with Gasteiger partial charge in [0.25, 0.3) is 5.91 Å². The van der Waals surface area contributed by atoms with Crippen LogP contribution in [0.15, 0.2) is 28.8 Å². The van der Waals surface area contributed by atoms with Crippen molar-refractivity contribution in [2.75, 3.05) is 26.2 Å². The molecule has 134 valence electrons. The predicted octanol–water partition coefficient (Wildman–Crippen LogP) is 3.91. The molecule has 0 radical (unpaired) electrons. The highest BCUT2D eigenvalue weighted by molar-refractivity contribution is 6.33. The summed E-state index contributed by atoms with van der Waals surface area (Å²) in [5, 5.41) is 7.58. The largest absolute Gasteiger partial charge is 0.360 e. The van der Waals surface area contributed by atoms with E-state index in [1.54, 1.807) is 13.0 Å². The van der Waals surface area contributed by atoms with E-state index < -0.39 is 0 Å². The van der Waals surface area contributed by atoms with Gasteiger partial charge in [0.1, 0.15) is 17.0 Å². The lowest BCUT2D eigenvalue weighted by Gasteiger charge is -2.26. The summed E-state index contributed by atoms with van der Waals surface area (Å²) in [5.41, 5.74) is 1.67. The lowest BCUT2D eigenvalue weighted by molar-refractivity contribution is 0.0950. The number of rotatable bonds is 6. The topological polar surface area (TPSA) is 58.4 Å². The lowest BCUT2D eigenvalue weighted by atomic mass is 10.1. The molecule has 0 spiro atoms. The van der Waals surface area contributed by atoms with Crippen LogP contribution in [0.2, 0.25) is 5.02 Å². The molecule has 0 bridgehead atoms. The van der Waals surface area contributed by atoms with Gasteiger partial charge in [0.15, 0.2) is 0 Å².